The summed E-state index contributed by atoms with van der Waals surface area (Å²) in [5, 5.41) is 13.4. The molecule has 1 aliphatic heterocycles. The van der Waals surface area contributed by atoms with Gasteiger partial charge < -0.3 is 10.4 Å². The van der Waals surface area contributed by atoms with Gasteiger partial charge in [0.25, 0.3) is 0 Å². The summed E-state index contributed by atoms with van der Waals surface area (Å²) in [5.74, 6) is -0.571. The number of aliphatic carboxylic acids is 1. The van der Waals surface area contributed by atoms with E-state index in [1.807, 2.05) is 24.3 Å². The third-order valence-corrected chi connectivity index (χ3v) is 7.39. The van der Waals surface area contributed by atoms with Gasteiger partial charge in [-0.3, -0.25) is 9.59 Å². The number of hydrogen-bond donors (Lipinski definition) is 2. The number of hydrogen-bond acceptors (Lipinski definition) is 4. The highest BCUT2D eigenvalue weighted by atomic mass is 35.5. The van der Waals surface area contributed by atoms with Crippen molar-refractivity contribution in [1.29, 1.82) is 0 Å². The van der Waals surface area contributed by atoms with Crippen LogP contribution in [0.15, 0.2) is 48.5 Å². The molecule has 1 aliphatic rings. The smallest absolute Gasteiger partial charge is 0.313 e. The second kappa shape index (κ2) is 8.78. The van der Waals surface area contributed by atoms with Gasteiger partial charge in [0.15, 0.2) is 0 Å². The average molecular weight is 442 g/mol. The Bertz CT molecular complexity index is 830. The Kier molecular flexibility index (Phi) is 6.63. The van der Waals surface area contributed by atoms with Crippen molar-refractivity contribution in [3.63, 3.8) is 0 Å². The summed E-state index contributed by atoms with van der Waals surface area (Å²) in [6.07, 6.45) is 0.546. The van der Waals surface area contributed by atoms with Crippen LogP contribution in [0, 0.1) is 0 Å². The van der Waals surface area contributed by atoms with Crippen molar-refractivity contribution in [1.82, 2.24) is 5.32 Å². The molecular weight excluding hydrogens is 425 g/mol. The number of carboxylic acids is 1. The van der Waals surface area contributed by atoms with Gasteiger partial charge in [-0.1, -0.05) is 47.5 Å². The first-order valence-corrected chi connectivity index (χ1v) is 11.0. The predicted octanol–water partition coefficient (Wildman–Crippen LogP) is 4.96. The zero-order chi connectivity index (χ0) is 19.4. The first-order valence-electron chi connectivity index (χ1n) is 8.18. The summed E-state index contributed by atoms with van der Waals surface area (Å²) in [6, 6.07) is 14.8. The molecule has 27 heavy (non-hydrogen) atoms. The predicted molar refractivity (Wildman–Crippen MR) is 113 cm³/mol. The zero-order valence-corrected chi connectivity index (χ0v) is 17.3. The lowest BCUT2D eigenvalue weighted by molar-refractivity contribution is -0.134. The van der Waals surface area contributed by atoms with Crippen LogP contribution in [0.5, 0.6) is 0 Å². The highest BCUT2D eigenvalue weighted by molar-refractivity contribution is 8.01. The van der Waals surface area contributed by atoms with Crippen LogP contribution in [0.25, 0.3) is 0 Å². The van der Waals surface area contributed by atoms with E-state index < -0.39 is 10.8 Å². The van der Waals surface area contributed by atoms with Crippen molar-refractivity contribution >= 4 is 58.6 Å². The average Bonchev–Trinajstić information content (AvgIpc) is 3.01. The lowest BCUT2D eigenvalue weighted by Crippen LogP contribution is -2.38. The molecule has 4 nitrogen and oxygen atoms in total. The highest BCUT2D eigenvalue weighted by Gasteiger charge is 2.42. The molecule has 1 saturated heterocycles. The Hall–Kier alpha value is -1.34. The summed E-state index contributed by atoms with van der Waals surface area (Å²) in [5.41, 5.74) is 1.92. The summed E-state index contributed by atoms with van der Waals surface area (Å²) >= 11 is 14.9. The standard InChI is InChI=1S/C19H17Cl2NO3S2/c20-14-5-1-12(2-6-14)16(26-11-18(24)25)9-19(22-17(23)10-27-19)13-3-7-15(21)8-4-13/h1-8,16H,9-11H2,(H,22,23)(H,24,25)/t16-,19+/m1/s1. The number of amides is 1. The van der Waals surface area contributed by atoms with E-state index in [1.54, 1.807) is 24.3 Å². The van der Waals surface area contributed by atoms with Crippen LogP contribution in [-0.2, 0) is 14.5 Å². The fraction of sp³-hybridized carbons (Fsp3) is 0.263. The molecule has 8 heteroatoms. The molecule has 1 heterocycles. The highest BCUT2D eigenvalue weighted by Crippen LogP contribution is 2.48. The Labute approximate surface area is 176 Å². The van der Waals surface area contributed by atoms with Crippen molar-refractivity contribution in [2.75, 3.05) is 11.5 Å². The maximum absolute atomic E-state index is 12.1. The van der Waals surface area contributed by atoms with Gasteiger partial charge in [0.1, 0.15) is 4.87 Å². The van der Waals surface area contributed by atoms with E-state index >= 15 is 0 Å². The molecule has 0 aliphatic carbocycles. The van der Waals surface area contributed by atoms with Crippen LogP contribution in [0.3, 0.4) is 0 Å². The van der Waals surface area contributed by atoms with Crippen LogP contribution in [-0.4, -0.2) is 28.5 Å². The molecule has 0 radical (unpaired) electrons. The van der Waals surface area contributed by atoms with E-state index in [4.69, 9.17) is 28.3 Å². The first-order chi connectivity index (χ1) is 12.9. The Balaban J connectivity index is 1.94. The topological polar surface area (TPSA) is 66.4 Å². The van der Waals surface area contributed by atoms with Gasteiger partial charge in [0.2, 0.25) is 5.91 Å². The second-order valence-corrected chi connectivity index (χ2v) is 9.46. The van der Waals surface area contributed by atoms with Gasteiger partial charge in [-0.15, -0.1) is 23.5 Å². The van der Waals surface area contributed by atoms with Gasteiger partial charge in [-0.2, -0.15) is 0 Å². The fourth-order valence-corrected chi connectivity index (χ4v) is 5.61. The maximum Gasteiger partial charge on any atom is 0.313 e. The molecule has 0 saturated carbocycles. The van der Waals surface area contributed by atoms with E-state index in [-0.39, 0.29) is 16.9 Å². The number of halogens is 2. The van der Waals surface area contributed by atoms with E-state index in [1.165, 1.54) is 23.5 Å². The van der Waals surface area contributed by atoms with Gasteiger partial charge >= 0.3 is 5.97 Å². The lowest BCUT2D eigenvalue weighted by atomic mass is 9.97. The first kappa shape index (κ1) is 20.4. The quantitative estimate of drug-likeness (QED) is 0.635. The van der Waals surface area contributed by atoms with Crippen molar-refractivity contribution in [2.45, 2.75) is 16.5 Å². The number of thioether (sulfide) groups is 2. The Morgan fingerprint density at radius 3 is 2.26 bits per heavy atom. The van der Waals surface area contributed by atoms with Crippen molar-refractivity contribution in [3.8, 4) is 0 Å². The van der Waals surface area contributed by atoms with Gasteiger partial charge in [0.05, 0.1) is 11.5 Å². The Morgan fingerprint density at radius 2 is 1.74 bits per heavy atom. The molecule has 2 aromatic rings. The molecule has 0 unspecified atom stereocenters. The number of nitrogens with one attached hydrogen (secondary N) is 1. The molecule has 142 valence electrons. The third kappa shape index (κ3) is 5.13. The van der Waals surface area contributed by atoms with Crippen LogP contribution >= 0.6 is 46.7 Å². The molecule has 2 atom stereocenters. The van der Waals surface area contributed by atoms with Gasteiger partial charge in [-0.05, 0) is 35.4 Å². The number of benzene rings is 2. The largest absolute Gasteiger partial charge is 0.481 e. The maximum atomic E-state index is 12.1. The van der Waals surface area contributed by atoms with E-state index in [0.29, 0.717) is 22.2 Å². The molecule has 2 aromatic carbocycles. The van der Waals surface area contributed by atoms with Crippen LogP contribution in [0.2, 0.25) is 10.0 Å². The zero-order valence-electron chi connectivity index (χ0n) is 14.2. The van der Waals surface area contributed by atoms with E-state index in [2.05, 4.69) is 5.32 Å². The third-order valence-electron chi connectivity index (χ3n) is 4.22. The number of carboxylic acid groups (broad SMARTS) is 1. The van der Waals surface area contributed by atoms with E-state index in [0.717, 1.165) is 11.1 Å². The molecule has 0 bridgehead atoms. The summed E-state index contributed by atoms with van der Waals surface area (Å²) in [4.78, 5) is 22.6. The minimum atomic E-state index is -0.873. The fourth-order valence-electron chi connectivity index (χ4n) is 2.97. The van der Waals surface area contributed by atoms with Gasteiger partial charge in [-0.25, -0.2) is 0 Å². The van der Waals surface area contributed by atoms with Crippen molar-refractivity contribution < 1.29 is 14.7 Å². The molecule has 0 spiro atoms. The summed E-state index contributed by atoms with van der Waals surface area (Å²) in [7, 11) is 0. The molecule has 1 amide bonds. The van der Waals surface area contributed by atoms with Crippen LogP contribution < -0.4 is 5.32 Å². The normalized spacial score (nSPS) is 20.3. The van der Waals surface area contributed by atoms with E-state index in [9.17, 15) is 9.59 Å². The number of rotatable bonds is 7. The van der Waals surface area contributed by atoms with Crippen molar-refractivity contribution in [3.05, 3.63) is 69.7 Å². The van der Waals surface area contributed by atoms with Gasteiger partial charge in [0, 0.05) is 21.7 Å². The SMILES string of the molecule is O=C(O)CS[C@H](C[C@]1(c2ccc(Cl)cc2)NC(=O)CS1)c1ccc(Cl)cc1. The molecule has 1 fully saturated rings. The Morgan fingerprint density at radius 1 is 1.15 bits per heavy atom. The van der Waals surface area contributed by atoms with Crippen LogP contribution in [0.4, 0.5) is 0 Å². The molecular formula is C19H17Cl2NO3S2. The monoisotopic (exact) mass is 441 g/mol. The minimum Gasteiger partial charge on any atom is -0.481 e. The lowest BCUT2D eigenvalue weighted by Gasteiger charge is -2.33. The van der Waals surface area contributed by atoms with Crippen LogP contribution in [0.1, 0.15) is 22.8 Å². The number of carbonyl (C=O) groups excluding carboxylic acids is 1. The second-order valence-electron chi connectivity index (χ2n) is 6.12. The molecule has 0 aromatic heterocycles. The number of carbonyl (C=O) groups is 2. The summed E-state index contributed by atoms with van der Waals surface area (Å²) in [6.45, 7) is 0. The minimum absolute atomic E-state index is 0.0252. The molecule has 2 N–H and O–H groups in total. The molecule has 3 rings (SSSR count). The van der Waals surface area contributed by atoms with Crippen molar-refractivity contribution in [2.24, 2.45) is 0 Å². The summed E-state index contributed by atoms with van der Waals surface area (Å²) < 4.78 is 0.